The van der Waals surface area contributed by atoms with Crippen molar-refractivity contribution in [2.75, 3.05) is 32.5 Å². The molecule has 30 heavy (non-hydrogen) atoms. The maximum Gasteiger partial charge on any atom is 0.274 e. The number of nitrogens with zero attached hydrogens (tertiary/aromatic N) is 3. The maximum atomic E-state index is 14.6. The number of hydrogen-bond donors (Lipinski definition) is 3. The van der Waals surface area contributed by atoms with Gasteiger partial charge in [-0.1, -0.05) is 18.5 Å². The quantitative estimate of drug-likeness (QED) is 0.434. The van der Waals surface area contributed by atoms with E-state index in [1.165, 1.54) is 24.4 Å². The number of carbonyl (C=O) groups is 1. The van der Waals surface area contributed by atoms with Crippen LogP contribution >= 0.6 is 11.6 Å². The van der Waals surface area contributed by atoms with Crippen LogP contribution in [0, 0.1) is 5.82 Å². The number of halogens is 2. The molecular weight excluding hydrogens is 431 g/mol. The van der Waals surface area contributed by atoms with Crippen molar-refractivity contribution in [1.82, 2.24) is 15.2 Å². The Bertz CT molecular complexity index is 869. The topological polar surface area (TPSA) is 113 Å². The number of nitrogens with two attached hydrogens (primary N) is 1. The fourth-order valence-electron chi connectivity index (χ4n) is 2.50. The van der Waals surface area contributed by atoms with Crippen molar-refractivity contribution in [2.45, 2.75) is 13.0 Å². The lowest BCUT2D eigenvalue weighted by molar-refractivity contribution is 0.102. The second-order valence-electron chi connectivity index (χ2n) is 6.21. The summed E-state index contributed by atoms with van der Waals surface area (Å²) in [5, 5.41) is 6.17. The van der Waals surface area contributed by atoms with Crippen molar-refractivity contribution in [3.05, 3.63) is 58.6 Å². The fourth-order valence-corrected chi connectivity index (χ4v) is 2.61. The largest absolute Gasteiger partial charge is 0.370 e. The number of guanidine groups is 1. The number of rotatable bonds is 7. The summed E-state index contributed by atoms with van der Waals surface area (Å²) < 4.78 is 22.4. The number of hydrogen-bond acceptors (Lipinski definition) is 6. The van der Waals surface area contributed by atoms with E-state index in [-0.39, 0.29) is 11.7 Å². The minimum atomic E-state index is -0.445. The van der Waals surface area contributed by atoms with Gasteiger partial charge in [0.1, 0.15) is 11.5 Å². The first-order valence-electron chi connectivity index (χ1n) is 8.90. The van der Waals surface area contributed by atoms with E-state index >= 15 is 0 Å². The zero-order valence-electron chi connectivity index (χ0n) is 16.9. The Labute approximate surface area is 185 Å². The molecule has 0 fully saturated rings. The van der Waals surface area contributed by atoms with Gasteiger partial charge in [-0.15, -0.1) is 0 Å². The number of carbonyl (C=O) groups excluding carboxylic acids is 1. The molecule has 0 aliphatic heterocycles. The van der Waals surface area contributed by atoms with Crippen LogP contribution in [0.2, 0.25) is 5.02 Å². The van der Waals surface area contributed by atoms with Gasteiger partial charge in [-0.25, -0.2) is 9.37 Å². The van der Waals surface area contributed by atoms with Crippen molar-refractivity contribution in [3.8, 4) is 0 Å². The Hall–Kier alpha value is -2.69. The fraction of sp³-hybridized carbons (Fsp3) is 0.316. The van der Waals surface area contributed by atoms with Gasteiger partial charge in [-0.2, -0.15) is 4.21 Å². The van der Waals surface area contributed by atoms with Gasteiger partial charge in [0, 0.05) is 31.0 Å². The Kier molecular flexibility index (Phi) is 10.8. The normalized spacial score (nSPS) is 12.0. The average Bonchev–Trinajstić information content (AvgIpc) is 2.76. The minimum Gasteiger partial charge on any atom is -0.370 e. The summed E-state index contributed by atoms with van der Waals surface area (Å²) >= 11 is 8.62. The van der Waals surface area contributed by atoms with Crippen molar-refractivity contribution in [1.29, 1.82) is 0 Å². The Morgan fingerprint density at radius 1 is 1.37 bits per heavy atom. The summed E-state index contributed by atoms with van der Waals surface area (Å²) in [5.41, 5.74) is 6.81. The molecule has 0 bridgehead atoms. The Morgan fingerprint density at radius 2 is 2.07 bits per heavy atom. The summed E-state index contributed by atoms with van der Waals surface area (Å²) in [6, 6.07) is 7.02. The summed E-state index contributed by atoms with van der Waals surface area (Å²) in [5.74, 6) is -0.624. The lowest BCUT2D eigenvalue weighted by Crippen LogP contribution is -2.40. The van der Waals surface area contributed by atoms with Gasteiger partial charge < -0.3 is 21.3 Å². The third-order valence-corrected chi connectivity index (χ3v) is 4.41. The van der Waals surface area contributed by atoms with Crippen molar-refractivity contribution >= 4 is 41.7 Å². The molecule has 0 saturated carbocycles. The van der Waals surface area contributed by atoms with E-state index in [9.17, 15) is 9.18 Å². The number of aliphatic imine (C=N–C) groups is 1. The van der Waals surface area contributed by atoms with Crippen LogP contribution in [-0.4, -0.2) is 53.1 Å². The van der Waals surface area contributed by atoms with E-state index in [4.69, 9.17) is 21.5 Å². The second-order valence-corrected chi connectivity index (χ2v) is 6.65. The third-order valence-electron chi connectivity index (χ3n) is 4.19. The molecule has 1 heterocycles. The van der Waals surface area contributed by atoms with Crippen LogP contribution in [-0.2, 0) is 12.5 Å². The number of aromatic nitrogens is 1. The van der Waals surface area contributed by atoms with Crippen LogP contribution in [0.5, 0.6) is 0 Å². The highest BCUT2D eigenvalue weighted by atomic mass is 35.5. The lowest BCUT2D eigenvalue weighted by Gasteiger charge is -2.25. The molecule has 0 aliphatic carbocycles. The van der Waals surface area contributed by atoms with E-state index < -0.39 is 17.8 Å². The molecule has 2 rings (SSSR count). The van der Waals surface area contributed by atoms with Crippen molar-refractivity contribution in [3.63, 3.8) is 0 Å². The van der Waals surface area contributed by atoms with Gasteiger partial charge in [0.15, 0.2) is 18.5 Å². The number of likely N-dealkylation sites (N-methyl/N-ethyl adjacent to an activating group) is 1. The SMILES string of the molecule is CCN(C)CC(NC(N)=NC)c1cc(NC(=O)c2ccc(Cl)cn2)ccc1F.O=S. The number of pyridine rings is 1. The molecule has 0 aliphatic rings. The van der Waals surface area contributed by atoms with Crippen LogP contribution in [0.1, 0.15) is 29.0 Å². The number of anilines is 1. The first-order valence-corrected chi connectivity index (χ1v) is 9.61. The van der Waals surface area contributed by atoms with Gasteiger partial charge >= 0.3 is 0 Å². The average molecular weight is 455 g/mol. The second kappa shape index (κ2) is 12.8. The predicted molar refractivity (Wildman–Crippen MR) is 118 cm³/mol. The summed E-state index contributed by atoms with van der Waals surface area (Å²) in [7, 11) is 3.47. The van der Waals surface area contributed by atoms with Crippen LogP contribution in [0.15, 0.2) is 41.5 Å². The molecule has 2 aromatic rings. The highest BCUT2D eigenvalue weighted by molar-refractivity contribution is 7.44. The molecule has 0 radical (unpaired) electrons. The molecule has 162 valence electrons. The van der Waals surface area contributed by atoms with Gasteiger partial charge in [0.05, 0.1) is 11.1 Å². The van der Waals surface area contributed by atoms with Crippen LogP contribution in [0.4, 0.5) is 10.1 Å². The van der Waals surface area contributed by atoms with E-state index in [0.717, 1.165) is 6.54 Å². The standard InChI is InChI=1S/C19H24ClFN6O.OS/c1-4-27(3)11-17(26-19(22)23-2)14-9-13(6-7-15(14)21)25-18(28)16-8-5-12(20)10-24-16;1-2/h5-10,17H,4,11H2,1-3H3,(H,25,28)(H3,22,23,26);. The molecule has 8 nitrogen and oxygen atoms in total. The summed E-state index contributed by atoms with van der Waals surface area (Å²) in [6.45, 7) is 3.28. The molecule has 1 aromatic carbocycles. The third kappa shape index (κ3) is 7.62. The molecule has 1 unspecified atom stereocenters. The zero-order valence-corrected chi connectivity index (χ0v) is 18.4. The van der Waals surface area contributed by atoms with E-state index in [2.05, 4.69) is 33.1 Å². The first-order chi connectivity index (χ1) is 14.3. The number of nitrogens with one attached hydrogen (secondary N) is 2. The van der Waals surface area contributed by atoms with E-state index in [1.54, 1.807) is 19.2 Å². The molecular formula is C19H24ClFN6O2S. The molecule has 0 saturated heterocycles. The smallest absolute Gasteiger partial charge is 0.274 e. The van der Waals surface area contributed by atoms with Crippen molar-refractivity contribution < 1.29 is 13.4 Å². The van der Waals surface area contributed by atoms with E-state index in [0.29, 0.717) is 22.8 Å². The Balaban J connectivity index is 0.00000218. The van der Waals surface area contributed by atoms with Gasteiger partial charge in [-0.05, 0) is 43.9 Å². The monoisotopic (exact) mass is 454 g/mol. The lowest BCUT2D eigenvalue weighted by atomic mass is 10.0. The highest BCUT2D eigenvalue weighted by Crippen LogP contribution is 2.23. The number of benzene rings is 1. The Morgan fingerprint density at radius 3 is 2.63 bits per heavy atom. The molecule has 1 amide bonds. The van der Waals surface area contributed by atoms with Gasteiger partial charge in [0.25, 0.3) is 5.91 Å². The van der Waals surface area contributed by atoms with Gasteiger partial charge in [0.2, 0.25) is 0 Å². The van der Waals surface area contributed by atoms with Crippen LogP contribution < -0.4 is 16.4 Å². The summed E-state index contributed by atoms with van der Waals surface area (Å²) in [6.07, 6.45) is 1.39. The minimum absolute atomic E-state index is 0.203. The predicted octanol–water partition coefficient (Wildman–Crippen LogP) is 2.32. The van der Waals surface area contributed by atoms with Crippen LogP contribution in [0.3, 0.4) is 0 Å². The highest BCUT2D eigenvalue weighted by Gasteiger charge is 2.19. The summed E-state index contributed by atoms with van der Waals surface area (Å²) in [4.78, 5) is 22.3. The number of amides is 1. The van der Waals surface area contributed by atoms with Crippen LogP contribution in [0.25, 0.3) is 0 Å². The first kappa shape index (κ1) is 25.3. The van der Waals surface area contributed by atoms with Gasteiger partial charge in [-0.3, -0.25) is 9.79 Å². The molecule has 1 atom stereocenters. The molecule has 11 heteroatoms. The molecule has 1 aromatic heterocycles. The zero-order chi connectivity index (χ0) is 22.7. The van der Waals surface area contributed by atoms with E-state index in [1.807, 2.05) is 18.9 Å². The molecule has 0 spiro atoms. The molecule has 4 N–H and O–H groups in total. The maximum absolute atomic E-state index is 14.6. The van der Waals surface area contributed by atoms with Crippen molar-refractivity contribution in [2.24, 2.45) is 10.7 Å².